The second-order valence-corrected chi connectivity index (χ2v) is 6.67. The van der Waals surface area contributed by atoms with E-state index in [0.29, 0.717) is 12.1 Å². The predicted molar refractivity (Wildman–Crippen MR) is 75.7 cm³/mol. The Morgan fingerprint density at radius 1 is 1.33 bits per heavy atom. The van der Waals surface area contributed by atoms with Crippen molar-refractivity contribution >= 4 is 0 Å². The number of nitrogens with one attached hydrogen (secondary N) is 1. The van der Waals surface area contributed by atoms with Crippen LogP contribution < -0.4 is 5.32 Å². The Kier molecular flexibility index (Phi) is 4.68. The summed E-state index contributed by atoms with van der Waals surface area (Å²) >= 11 is 0. The highest BCUT2D eigenvalue weighted by molar-refractivity contribution is 4.97. The fourth-order valence-corrected chi connectivity index (χ4v) is 3.44. The molecule has 3 heteroatoms. The monoisotopic (exact) mass is 254 g/mol. The highest BCUT2D eigenvalue weighted by Gasteiger charge is 2.38. The molecule has 106 valence electrons. The first-order valence-electron chi connectivity index (χ1n) is 7.66. The number of aliphatic hydroxyl groups is 1. The van der Waals surface area contributed by atoms with E-state index in [0.717, 1.165) is 18.8 Å². The lowest BCUT2D eigenvalue weighted by atomic mass is 9.78. The first-order chi connectivity index (χ1) is 8.60. The van der Waals surface area contributed by atoms with Crippen molar-refractivity contribution in [3.8, 4) is 0 Å². The van der Waals surface area contributed by atoms with Crippen LogP contribution in [0.4, 0.5) is 0 Å². The van der Waals surface area contributed by atoms with Gasteiger partial charge >= 0.3 is 0 Å². The molecule has 2 saturated carbocycles. The summed E-state index contributed by atoms with van der Waals surface area (Å²) in [7, 11) is 2.00. The lowest BCUT2D eigenvalue weighted by molar-refractivity contribution is 0.0464. The minimum absolute atomic E-state index is 0.0282. The molecule has 0 aliphatic heterocycles. The van der Waals surface area contributed by atoms with Gasteiger partial charge in [-0.1, -0.05) is 0 Å². The van der Waals surface area contributed by atoms with Crippen LogP contribution in [0.15, 0.2) is 0 Å². The molecule has 0 radical (unpaired) electrons. The van der Waals surface area contributed by atoms with Crippen LogP contribution in [0.2, 0.25) is 0 Å². The van der Waals surface area contributed by atoms with Gasteiger partial charge in [-0.3, -0.25) is 4.90 Å². The van der Waals surface area contributed by atoms with E-state index in [1.807, 2.05) is 7.05 Å². The van der Waals surface area contributed by atoms with Crippen molar-refractivity contribution in [1.29, 1.82) is 0 Å². The summed E-state index contributed by atoms with van der Waals surface area (Å²) in [6, 6.07) is 1.28. The van der Waals surface area contributed by atoms with Crippen LogP contribution >= 0.6 is 0 Å². The average molecular weight is 254 g/mol. The van der Waals surface area contributed by atoms with Crippen molar-refractivity contribution < 1.29 is 5.11 Å². The molecule has 2 aliphatic rings. The molecule has 0 aromatic heterocycles. The Bertz CT molecular complexity index is 259. The minimum atomic E-state index is -0.0282. The van der Waals surface area contributed by atoms with E-state index in [1.54, 1.807) is 0 Å². The van der Waals surface area contributed by atoms with Crippen molar-refractivity contribution in [2.75, 3.05) is 20.2 Å². The summed E-state index contributed by atoms with van der Waals surface area (Å²) in [5, 5.41) is 13.1. The summed E-state index contributed by atoms with van der Waals surface area (Å²) in [5.41, 5.74) is -0.0282. The Balaban J connectivity index is 2.00. The van der Waals surface area contributed by atoms with Crippen molar-refractivity contribution in [3.05, 3.63) is 0 Å². The third-order valence-electron chi connectivity index (χ3n) is 4.95. The molecule has 18 heavy (non-hydrogen) atoms. The standard InChI is InChI=1S/C15H30N2O/c1-12(2)17(10-13-6-7-13)14-5-4-8-15(9-14,11-18)16-3/h12-14,16,18H,4-11H2,1-3H3. The van der Waals surface area contributed by atoms with Gasteiger partial charge in [0.05, 0.1) is 6.61 Å². The molecule has 2 atom stereocenters. The normalized spacial score (nSPS) is 33.3. The Hall–Kier alpha value is -0.120. The van der Waals surface area contributed by atoms with Crippen LogP contribution in [0.1, 0.15) is 52.4 Å². The maximum absolute atomic E-state index is 9.69. The highest BCUT2D eigenvalue weighted by Crippen LogP contribution is 2.36. The molecule has 0 aromatic carbocycles. The van der Waals surface area contributed by atoms with E-state index in [4.69, 9.17) is 0 Å². The predicted octanol–water partition coefficient (Wildman–Crippen LogP) is 2.00. The second-order valence-electron chi connectivity index (χ2n) is 6.67. The highest BCUT2D eigenvalue weighted by atomic mass is 16.3. The van der Waals surface area contributed by atoms with Gasteiger partial charge in [-0.15, -0.1) is 0 Å². The largest absolute Gasteiger partial charge is 0.394 e. The van der Waals surface area contributed by atoms with E-state index in [-0.39, 0.29) is 12.1 Å². The Morgan fingerprint density at radius 3 is 2.56 bits per heavy atom. The van der Waals surface area contributed by atoms with E-state index in [9.17, 15) is 5.11 Å². The molecule has 2 N–H and O–H groups in total. The number of hydrogen-bond acceptors (Lipinski definition) is 3. The van der Waals surface area contributed by atoms with E-state index >= 15 is 0 Å². The van der Waals surface area contributed by atoms with Gasteiger partial charge in [0, 0.05) is 24.2 Å². The molecule has 0 amide bonds. The third-order valence-corrected chi connectivity index (χ3v) is 4.95. The average Bonchev–Trinajstić information content (AvgIpc) is 3.19. The summed E-state index contributed by atoms with van der Waals surface area (Å²) in [6.07, 6.45) is 7.60. The molecule has 0 bridgehead atoms. The summed E-state index contributed by atoms with van der Waals surface area (Å²) in [6.45, 7) is 6.18. The van der Waals surface area contributed by atoms with Crippen molar-refractivity contribution in [1.82, 2.24) is 10.2 Å². The Morgan fingerprint density at radius 2 is 2.06 bits per heavy atom. The van der Waals surface area contributed by atoms with Gasteiger partial charge in [-0.25, -0.2) is 0 Å². The van der Waals surface area contributed by atoms with Crippen molar-refractivity contribution in [3.63, 3.8) is 0 Å². The number of hydrogen-bond donors (Lipinski definition) is 2. The van der Waals surface area contributed by atoms with E-state index < -0.39 is 0 Å². The quantitative estimate of drug-likeness (QED) is 0.761. The molecule has 0 heterocycles. The molecule has 0 spiro atoms. The second kappa shape index (κ2) is 5.89. The van der Waals surface area contributed by atoms with Crippen LogP contribution in [-0.2, 0) is 0 Å². The van der Waals surface area contributed by atoms with Crippen LogP contribution in [0.3, 0.4) is 0 Å². The first-order valence-corrected chi connectivity index (χ1v) is 7.66. The van der Waals surface area contributed by atoms with Gasteiger partial charge in [0.1, 0.15) is 0 Å². The lowest BCUT2D eigenvalue weighted by Crippen LogP contribution is -2.56. The van der Waals surface area contributed by atoms with Gasteiger partial charge in [-0.2, -0.15) is 0 Å². The topological polar surface area (TPSA) is 35.5 Å². The van der Waals surface area contributed by atoms with Gasteiger partial charge in [0.25, 0.3) is 0 Å². The van der Waals surface area contributed by atoms with E-state index in [1.165, 1.54) is 32.2 Å². The zero-order chi connectivity index (χ0) is 13.2. The molecule has 2 unspecified atom stereocenters. The van der Waals surface area contributed by atoms with Gasteiger partial charge in [0.2, 0.25) is 0 Å². The molecular weight excluding hydrogens is 224 g/mol. The summed E-state index contributed by atoms with van der Waals surface area (Å²) in [5.74, 6) is 0.951. The lowest BCUT2D eigenvalue weighted by Gasteiger charge is -2.45. The number of nitrogens with zero attached hydrogens (tertiary/aromatic N) is 1. The molecular formula is C15H30N2O. The van der Waals surface area contributed by atoms with Gasteiger partial charge in [0.15, 0.2) is 0 Å². The molecule has 2 rings (SSSR count). The molecule has 2 aliphatic carbocycles. The molecule has 0 aromatic rings. The number of rotatable bonds is 6. The van der Waals surface area contributed by atoms with Gasteiger partial charge in [-0.05, 0) is 65.3 Å². The van der Waals surface area contributed by atoms with Crippen LogP contribution in [0, 0.1) is 5.92 Å². The fraction of sp³-hybridized carbons (Fsp3) is 1.00. The number of aliphatic hydroxyl groups excluding tert-OH is 1. The zero-order valence-electron chi connectivity index (χ0n) is 12.3. The molecule has 0 saturated heterocycles. The fourth-order valence-electron chi connectivity index (χ4n) is 3.44. The summed E-state index contributed by atoms with van der Waals surface area (Å²) in [4.78, 5) is 2.69. The van der Waals surface area contributed by atoms with Crippen LogP contribution in [0.5, 0.6) is 0 Å². The zero-order valence-corrected chi connectivity index (χ0v) is 12.3. The summed E-state index contributed by atoms with van der Waals surface area (Å²) < 4.78 is 0. The van der Waals surface area contributed by atoms with Crippen LogP contribution in [-0.4, -0.2) is 47.8 Å². The van der Waals surface area contributed by atoms with Crippen LogP contribution in [0.25, 0.3) is 0 Å². The first kappa shape index (κ1) is 14.3. The Labute approximate surface area is 112 Å². The SMILES string of the molecule is CNC1(CO)CCCC(N(CC2CC2)C(C)C)C1. The molecule has 2 fully saturated rings. The maximum atomic E-state index is 9.69. The van der Waals surface area contributed by atoms with E-state index in [2.05, 4.69) is 24.1 Å². The molecule has 3 nitrogen and oxygen atoms in total. The minimum Gasteiger partial charge on any atom is -0.394 e. The van der Waals surface area contributed by atoms with Crippen molar-refractivity contribution in [2.45, 2.75) is 70.0 Å². The van der Waals surface area contributed by atoms with Gasteiger partial charge < -0.3 is 10.4 Å². The smallest absolute Gasteiger partial charge is 0.0613 e. The third kappa shape index (κ3) is 3.25. The number of likely N-dealkylation sites (N-methyl/N-ethyl adjacent to an activating group) is 1. The maximum Gasteiger partial charge on any atom is 0.0613 e. The van der Waals surface area contributed by atoms with Crippen molar-refractivity contribution in [2.24, 2.45) is 5.92 Å².